The average Bonchev–Trinajstić information content (AvgIpc) is 1.80. The number of aromatic nitrogens is 7. The van der Waals surface area contributed by atoms with Crippen LogP contribution in [0.25, 0.3) is 155 Å². The molecule has 0 unspecified atom stereocenters. The third kappa shape index (κ3) is 6.80. The van der Waals surface area contributed by atoms with Crippen LogP contribution in [0.5, 0.6) is 0 Å². The van der Waals surface area contributed by atoms with Gasteiger partial charge in [-0.3, -0.25) is 9.13 Å². The summed E-state index contributed by atoms with van der Waals surface area (Å²) < 4.78 is 9.82. The molecule has 0 radical (unpaired) electrons. The molecular formula is C75H47N7. The van der Waals surface area contributed by atoms with Gasteiger partial charge in [-0.2, -0.15) is 0 Å². The maximum absolute atomic E-state index is 6.45. The number of pyridine rings is 1. The number of hydrogen-bond donors (Lipinski definition) is 0. The van der Waals surface area contributed by atoms with E-state index < -0.39 is 0 Å². The summed E-state index contributed by atoms with van der Waals surface area (Å²) in [5.74, 6) is 2.13. The van der Waals surface area contributed by atoms with Crippen LogP contribution in [-0.4, -0.2) is 33.2 Å². The Kier molecular flexibility index (Phi) is 10.2. The molecule has 0 saturated carbocycles. The van der Waals surface area contributed by atoms with Gasteiger partial charge in [-0.1, -0.05) is 231 Å². The van der Waals surface area contributed by atoms with E-state index in [1.165, 1.54) is 0 Å². The monoisotopic (exact) mass is 1050 g/mol. The average molecular weight is 1050 g/mol. The number of rotatable bonds is 8. The number of hydrogen-bond acceptors (Lipinski definition) is 3. The standard InChI is InChI=1S/C75H47N7/c1-3-25-48(26-4-1)60-47-61(49-27-5-2-6-28-49)77-73(76-60)59-38-8-7-37-58(59)70-71(79-62-39-17-9-29-50(62)51-30-10-18-40-63(51)79)74(81-66-43-21-13-33-54(66)55-34-14-22-44-67(55)81)78-75(82-68-45-23-15-35-56(68)57-36-16-24-46-69(57)82)72(70)80-64-41-19-11-31-52(64)53-32-12-20-42-65(53)80/h1-47H. The molecule has 17 rings (SSSR count). The highest BCUT2D eigenvalue weighted by Crippen LogP contribution is 2.50. The molecule has 11 aromatic carbocycles. The topological polar surface area (TPSA) is 58.4 Å². The Balaban J connectivity index is 1.17. The van der Waals surface area contributed by atoms with E-state index in [1.54, 1.807) is 0 Å². The lowest BCUT2D eigenvalue weighted by atomic mass is 9.94. The minimum Gasteiger partial charge on any atom is -0.305 e. The molecule has 0 N–H and O–H groups in total. The van der Waals surface area contributed by atoms with E-state index >= 15 is 0 Å². The number of nitrogens with zero attached hydrogens (tertiary/aromatic N) is 7. The van der Waals surface area contributed by atoms with Crippen molar-refractivity contribution in [3.63, 3.8) is 0 Å². The summed E-state index contributed by atoms with van der Waals surface area (Å²) in [7, 11) is 0. The molecule has 0 spiro atoms. The van der Waals surface area contributed by atoms with Gasteiger partial charge in [-0.25, -0.2) is 15.0 Å². The Morgan fingerprint density at radius 1 is 0.220 bits per heavy atom. The first kappa shape index (κ1) is 45.8. The second-order valence-electron chi connectivity index (χ2n) is 21.0. The fourth-order valence-electron chi connectivity index (χ4n) is 13.1. The van der Waals surface area contributed by atoms with Crippen LogP contribution in [0.1, 0.15) is 0 Å². The predicted octanol–water partition coefficient (Wildman–Crippen LogP) is 18.9. The molecule has 7 nitrogen and oxygen atoms in total. The molecule has 0 aliphatic rings. The third-order valence-corrected chi connectivity index (χ3v) is 16.6. The van der Waals surface area contributed by atoms with E-state index in [0.717, 1.165) is 149 Å². The van der Waals surface area contributed by atoms with Gasteiger partial charge >= 0.3 is 0 Å². The maximum Gasteiger partial charge on any atom is 0.165 e. The molecule has 0 aliphatic heterocycles. The van der Waals surface area contributed by atoms with Crippen molar-refractivity contribution in [2.75, 3.05) is 0 Å². The summed E-state index contributed by atoms with van der Waals surface area (Å²) in [5, 5.41) is 9.12. The Labute approximate surface area is 471 Å². The van der Waals surface area contributed by atoms with Crippen molar-refractivity contribution in [1.82, 2.24) is 33.2 Å². The Bertz CT molecular complexity index is 4890. The van der Waals surface area contributed by atoms with Crippen molar-refractivity contribution < 1.29 is 0 Å². The highest BCUT2D eigenvalue weighted by atomic mass is 15.2. The summed E-state index contributed by atoms with van der Waals surface area (Å²) >= 11 is 0. The van der Waals surface area contributed by atoms with E-state index in [-0.39, 0.29) is 0 Å². The van der Waals surface area contributed by atoms with E-state index in [0.29, 0.717) is 5.82 Å². The van der Waals surface area contributed by atoms with Gasteiger partial charge in [0, 0.05) is 65.3 Å². The zero-order valence-electron chi connectivity index (χ0n) is 44.3. The van der Waals surface area contributed by atoms with Gasteiger partial charge in [0.15, 0.2) is 17.5 Å². The number of fused-ring (bicyclic) bond motifs is 12. The van der Waals surface area contributed by atoms with Gasteiger partial charge in [-0.15, -0.1) is 0 Å². The lowest BCUT2D eigenvalue weighted by Crippen LogP contribution is -2.16. The van der Waals surface area contributed by atoms with Crippen LogP contribution in [0.15, 0.2) is 285 Å². The van der Waals surface area contributed by atoms with Crippen molar-refractivity contribution in [2.45, 2.75) is 0 Å². The molecule has 0 amide bonds. The summed E-state index contributed by atoms with van der Waals surface area (Å²) in [6.45, 7) is 0. The quantitative estimate of drug-likeness (QED) is 0.152. The molecule has 6 aromatic heterocycles. The van der Waals surface area contributed by atoms with E-state index in [1.807, 2.05) is 0 Å². The van der Waals surface area contributed by atoms with Gasteiger partial charge in [-0.05, 0) is 60.2 Å². The second kappa shape index (κ2) is 18.2. The molecule has 7 heteroatoms. The molecule has 0 fully saturated rings. The normalized spacial score (nSPS) is 11.9. The first-order chi connectivity index (χ1) is 40.7. The van der Waals surface area contributed by atoms with Crippen molar-refractivity contribution in [3.05, 3.63) is 285 Å². The van der Waals surface area contributed by atoms with E-state index in [9.17, 15) is 0 Å². The van der Waals surface area contributed by atoms with Gasteiger partial charge in [0.2, 0.25) is 0 Å². The van der Waals surface area contributed by atoms with Crippen LogP contribution >= 0.6 is 0 Å². The Morgan fingerprint density at radius 2 is 0.476 bits per heavy atom. The van der Waals surface area contributed by atoms with Crippen molar-refractivity contribution in [3.8, 4) is 68.0 Å². The molecule has 0 bridgehead atoms. The second-order valence-corrected chi connectivity index (χ2v) is 21.0. The van der Waals surface area contributed by atoms with Crippen LogP contribution in [0.2, 0.25) is 0 Å². The number of para-hydroxylation sites is 8. The molecule has 0 saturated heterocycles. The molecule has 0 atom stereocenters. The largest absolute Gasteiger partial charge is 0.305 e. The summed E-state index contributed by atoms with van der Waals surface area (Å²) in [6, 6.07) is 102. The number of benzene rings is 11. The fraction of sp³-hybridized carbons (Fsp3) is 0. The summed E-state index contributed by atoms with van der Waals surface area (Å²) in [4.78, 5) is 17.7. The van der Waals surface area contributed by atoms with E-state index in [4.69, 9.17) is 15.0 Å². The van der Waals surface area contributed by atoms with Crippen LogP contribution in [-0.2, 0) is 0 Å². The smallest absolute Gasteiger partial charge is 0.165 e. The minimum absolute atomic E-state index is 0.603. The molecule has 82 heavy (non-hydrogen) atoms. The molecule has 6 heterocycles. The zero-order valence-corrected chi connectivity index (χ0v) is 44.3. The van der Waals surface area contributed by atoms with Crippen LogP contribution in [0.3, 0.4) is 0 Å². The maximum atomic E-state index is 6.45. The van der Waals surface area contributed by atoms with Crippen LogP contribution in [0.4, 0.5) is 0 Å². The van der Waals surface area contributed by atoms with E-state index in [2.05, 4.69) is 303 Å². The van der Waals surface area contributed by atoms with Crippen molar-refractivity contribution >= 4 is 87.2 Å². The Hall–Kier alpha value is -11.2. The highest BCUT2D eigenvalue weighted by molar-refractivity contribution is 6.16. The molecule has 17 aromatic rings. The van der Waals surface area contributed by atoms with Crippen molar-refractivity contribution in [1.29, 1.82) is 0 Å². The predicted molar refractivity (Wildman–Crippen MR) is 339 cm³/mol. The fourth-order valence-corrected chi connectivity index (χ4v) is 13.1. The zero-order chi connectivity index (χ0) is 53.8. The van der Waals surface area contributed by atoms with Gasteiger partial charge in [0.05, 0.1) is 55.5 Å². The highest BCUT2D eigenvalue weighted by Gasteiger charge is 2.34. The molecular weight excluding hydrogens is 999 g/mol. The van der Waals surface area contributed by atoms with Gasteiger partial charge in [0.1, 0.15) is 11.4 Å². The van der Waals surface area contributed by atoms with Crippen molar-refractivity contribution in [2.24, 2.45) is 0 Å². The summed E-state index contributed by atoms with van der Waals surface area (Å²) in [6.07, 6.45) is 0. The first-order valence-corrected chi connectivity index (χ1v) is 27.9. The molecule has 382 valence electrons. The Morgan fingerprint density at radius 3 is 0.793 bits per heavy atom. The molecule has 0 aliphatic carbocycles. The summed E-state index contributed by atoms with van der Waals surface area (Å²) in [5.41, 5.74) is 16.6. The minimum atomic E-state index is 0.603. The van der Waals surface area contributed by atoms with Crippen LogP contribution < -0.4 is 0 Å². The lowest BCUT2D eigenvalue weighted by Gasteiger charge is -2.27. The van der Waals surface area contributed by atoms with Crippen LogP contribution in [0, 0.1) is 0 Å². The lowest BCUT2D eigenvalue weighted by molar-refractivity contribution is 0.961. The first-order valence-electron chi connectivity index (χ1n) is 27.9. The van der Waals surface area contributed by atoms with Gasteiger partial charge in [0.25, 0.3) is 0 Å². The SMILES string of the molecule is c1ccc(-c2cc(-c3ccccc3)nc(-c3ccccc3-c3c(-n4c5ccccc5c5ccccc54)c(-n4c5ccccc5c5ccccc54)nc(-n4c5ccccc5c5ccccc54)c3-n3c4ccccc4c4ccccc43)n2)cc1. The van der Waals surface area contributed by atoms with Gasteiger partial charge < -0.3 is 9.13 Å². The third-order valence-electron chi connectivity index (χ3n) is 16.6.